The number of fused-ring (bicyclic) bond motifs is 1. The molecule has 2 aliphatic rings. The zero-order chi connectivity index (χ0) is 27.9. The molecule has 1 amide bonds. The van der Waals surface area contributed by atoms with E-state index in [0.29, 0.717) is 45.3 Å². The standard InChI is InChI=1S/C23H29N5O3.C2HF3O2/c1-3-31-22(30)18-13-26-11-12-27(21(29)20-8-5-4-7-17(20)2)15-19(26)16-28(14-18)23-24-9-6-10-25-23;3-2(4,5)1(6)7/h4-10,18-19H,3,11-16H2,1-2H3;(H,6,7). The number of carbonyl (C=O) groups is 3. The van der Waals surface area contributed by atoms with Crippen LogP contribution in [0.1, 0.15) is 22.8 Å². The number of carbonyl (C=O) groups excluding carboxylic acids is 2. The Morgan fingerprint density at radius 2 is 1.68 bits per heavy atom. The SMILES string of the molecule is CCOC(=O)C1CN(c2ncccn2)CC2CN(C(=O)c3ccccc3C)CCN2C1.O=C(O)C(F)(F)F. The van der Waals surface area contributed by atoms with E-state index in [1.807, 2.05) is 47.9 Å². The number of carboxylic acid groups (broad SMARTS) is 1. The maximum atomic E-state index is 13.2. The second kappa shape index (κ2) is 12.7. The summed E-state index contributed by atoms with van der Waals surface area (Å²) in [5.41, 5.74) is 1.73. The van der Waals surface area contributed by atoms with Crippen molar-refractivity contribution in [1.29, 1.82) is 0 Å². The number of aliphatic carboxylic acids is 1. The van der Waals surface area contributed by atoms with E-state index < -0.39 is 12.1 Å². The van der Waals surface area contributed by atoms with Crippen molar-refractivity contribution < 1.29 is 37.4 Å². The van der Waals surface area contributed by atoms with E-state index in [-0.39, 0.29) is 23.8 Å². The maximum absolute atomic E-state index is 13.2. The number of carboxylic acids is 1. The Labute approximate surface area is 218 Å². The van der Waals surface area contributed by atoms with E-state index in [1.165, 1.54) is 0 Å². The maximum Gasteiger partial charge on any atom is 0.490 e. The second-order valence-electron chi connectivity index (χ2n) is 8.92. The molecule has 206 valence electrons. The summed E-state index contributed by atoms with van der Waals surface area (Å²) in [6, 6.07) is 9.57. The van der Waals surface area contributed by atoms with Crippen molar-refractivity contribution in [2.24, 2.45) is 5.92 Å². The summed E-state index contributed by atoms with van der Waals surface area (Å²) in [6.45, 7) is 7.88. The van der Waals surface area contributed by atoms with Crippen LogP contribution in [0.25, 0.3) is 0 Å². The lowest BCUT2D eigenvalue weighted by atomic mass is 10.1. The van der Waals surface area contributed by atoms with Crippen LogP contribution in [-0.2, 0) is 14.3 Å². The Bertz CT molecular complexity index is 1120. The highest BCUT2D eigenvalue weighted by molar-refractivity contribution is 5.95. The molecule has 3 heterocycles. The molecular weight excluding hydrogens is 507 g/mol. The first kappa shape index (κ1) is 28.8. The van der Waals surface area contributed by atoms with Crippen LogP contribution in [-0.4, -0.2) is 101 Å². The van der Waals surface area contributed by atoms with Crippen molar-refractivity contribution in [2.75, 3.05) is 50.8 Å². The summed E-state index contributed by atoms with van der Waals surface area (Å²) in [7, 11) is 0. The van der Waals surface area contributed by atoms with Gasteiger partial charge in [-0.3, -0.25) is 14.5 Å². The van der Waals surface area contributed by atoms with Gasteiger partial charge in [-0.15, -0.1) is 0 Å². The Hall–Kier alpha value is -3.74. The van der Waals surface area contributed by atoms with Gasteiger partial charge in [0.1, 0.15) is 0 Å². The van der Waals surface area contributed by atoms with E-state index in [0.717, 1.165) is 17.7 Å². The normalized spacial score (nSPS) is 19.9. The lowest BCUT2D eigenvalue weighted by Crippen LogP contribution is -2.57. The number of alkyl halides is 3. The predicted octanol–water partition coefficient (Wildman–Crippen LogP) is 2.24. The third-order valence-corrected chi connectivity index (χ3v) is 6.29. The smallest absolute Gasteiger partial charge is 0.475 e. The molecule has 1 aromatic carbocycles. The molecular formula is C25H30F3N5O5. The summed E-state index contributed by atoms with van der Waals surface area (Å²) in [6.07, 6.45) is -1.67. The van der Waals surface area contributed by atoms with Crippen molar-refractivity contribution in [2.45, 2.75) is 26.1 Å². The number of anilines is 1. The molecule has 2 aromatic rings. The molecule has 0 radical (unpaired) electrons. The van der Waals surface area contributed by atoms with E-state index in [4.69, 9.17) is 14.6 Å². The fraction of sp³-hybridized carbons (Fsp3) is 0.480. The molecule has 13 heteroatoms. The number of esters is 1. The van der Waals surface area contributed by atoms with Crippen LogP contribution in [0.15, 0.2) is 42.7 Å². The topological polar surface area (TPSA) is 116 Å². The van der Waals surface area contributed by atoms with Crippen LogP contribution < -0.4 is 4.90 Å². The molecule has 2 aliphatic heterocycles. The summed E-state index contributed by atoms with van der Waals surface area (Å²) in [4.78, 5) is 49.8. The predicted molar refractivity (Wildman–Crippen MR) is 131 cm³/mol. The molecule has 2 atom stereocenters. The average Bonchev–Trinajstić information content (AvgIpc) is 3.08. The Balaban J connectivity index is 0.000000505. The lowest BCUT2D eigenvalue weighted by molar-refractivity contribution is -0.192. The molecule has 1 aromatic heterocycles. The molecule has 2 fully saturated rings. The first-order chi connectivity index (χ1) is 18.0. The molecule has 38 heavy (non-hydrogen) atoms. The molecule has 2 saturated heterocycles. The van der Waals surface area contributed by atoms with Crippen LogP contribution in [0.4, 0.5) is 19.1 Å². The largest absolute Gasteiger partial charge is 0.490 e. The number of benzene rings is 1. The van der Waals surface area contributed by atoms with Crippen molar-refractivity contribution in [3.63, 3.8) is 0 Å². The molecule has 2 unspecified atom stereocenters. The number of aryl methyl sites for hydroxylation is 1. The summed E-state index contributed by atoms with van der Waals surface area (Å²) >= 11 is 0. The van der Waals surface area contributed by atoms with Gasteiger partial charge in [0, 0.05) is 63.3 Å². The van der Waals surface area contributed by atoms with Crippen LogP contribution in [0.2, 0.25) is 0 Å². The van der Waals surface area contributed by atoms with Gasteiger partial charge in [0.25, 0.3) is 5.91 Å². The zero-order valence-electron chi connectivity index (χ0n) is 21.1. The average molecular weight is 538 g/mol. The van der Waals surface area contributed by atoms with Crippen molar-refractivity contribution in [3.8, 4) is 0 Å². The highest BCUT2D eigenvalue weighted by atomic mass is 19.4. The molecule has 0 aliphatic carbocycles. The number of nitrogens with zero attached hydrogens (tertiary/aromatic N) is 5. The number of rotatable bonds is 4. The van der Waals surface area contributed by atoms with Gasteiger partial charge >= 0.3 is 18.1 Å². The number of ether oxygens (including phenoxy) is 1. The third-order valence-electron chi connectivity index (χ3n) is 6.29. The van der Waals surface area contributed by atoms with Gasteiger partial charge in [-0.05, 0) is 31.5 Å². The van der Waals surface area contributed by atoms with Gasteiger partial charge in [-0.25, -0.2) is 14.8 Å². The lowest BCUT2D eigenvalue weighted by Gasteiger charge is -2.41. The van der Waals surface area contributed by atoms with Crippen molar-refractivity contribution in [1.82, 2.24) is 19.8 Å². The Kier molecular flexibility index (Phi) is 9.61. The first-order valence-corrected chi connectivity index (χ1v) is 12.1. The van der Waals surface area contributed by atoms with Gasteiger partial charge in [-0.2, -0.15) is 13.2 Å². The number of hydrogen-bond donors (Lipinski definition) is 1. The zero-order valence-corrected chi connectivity index (χ0v) is 21.1. The van der Waals surface area contributed by atoms with Crippen LogP contribution in [0.5, 0.6) is 0 Å². The number of halogens is 3. The van der Waals surface area contributed by atoms with E-state index in [9.17, 15) is 22.8 Å². The van der Waals surface area contributed by atoms with E-state index in [1.54, 1.807) is 18.5 Å². The Morgan fingerprint density at radius 1 is 1.03 bits per heavy atom. The first-order valence-electron chi connectivity index (χ1n) is 12.1. The van der Waals surface area contributed by atoms with E-state index >= 15 is 0 Å². The van der Waals surface area contributed by atoms with Gasteiger partial charge in [0.05, 0.1) is 12.5 Å². The summed E-state index contributed by atoms with van der Waals surface area (Å²) in [5.74, 6) is -2.57. The van der Waals surface area contributed by atoms with Crippen molar-refractivity contribution >= 4 is 23.8 Å². The quantitative estimate of drug-likeness (QED) is 0.586. The number of amides is 1. The summed E-state index contributed by atoms with van der Waals surface area (Å²) < 4.78 is 37.1. The molecule has 4 rings (SSSR count). The molecule has 0 spiro atoms. The van der Waals surface area contributed by atoms with Crippen molar-refractivity contribution in [3.05, 3.63) is 53.9 Å². The number of aromatic nitrogens is 2. The molecule has 1 N–H and O–H groups in total. The number of hydrogen-bond acceptors (Lipinski definition) is 8. The third kappa shape index (κ3) is 7.40. The fourth-order valence-corrected chi connectivity index (χ4v) is 4.44. The minimum absolute atomic E-state index is 0.0615. The van der Waals surface area contributed by atoms with Gasteiger partial charge in [0.2, 0.25) is 5.95 Å². The summed E-state index contributed by atoms with van der Waals surface area (Å²) in [5, 5.41) is 7.12. The molecule has 10 nitrogen and oxygen atoms in total. The van der Waals surface area contributed by atoms with E-state index in [2.05, 4.69) is 14.9 Å². The minimum atomic E-state index is -5.08. The van der Waals surface area contributed by atoms with Crippen LogP contribution in [0, 0.1) is 12.8 Å². The second-order valence-corrected chi connectivity index (χ2v) is 8.92. The minimum Gasteiger partial charge on any atom is -0.475 e. The molecule has 0 bridgehead atoms. The van der Waals surface area contributed by atoms with Crippen LogP contribution >= 0.6 is 0 Å². The fourth-order valence-electron chi connectivity index (χ4n) is 4.44. The molecule has 0 saturated carbocycles. The van der Waals surface area contributed by atoms with Gasteiger partial charge in [0.15, 0.2) is 0 Å². The van der Waals surface area contributed by atoms with Crippen LogP contribution in [0.3, 0.4) is 0 Å². The highest BCUT2D eigenvalue weighted by Gasteiger charge is 2.39. The Morgan fingerprint density at radius 3 is 2.29 bits per heavy atom. The van der Waals surface area contributed by atoms with Gasteiger partial charge < -0.3 is 19.6 Å². The monoisotopic (exact) mass is 537 g/mol. The highest BCUT2D eigenvalue weighted by Crippen LogP contribution is 2.23. The van der Waals surface area contributed by atoms with Gasteiger partial charge in [-0.1, -0.05) is 18.2 Å². The number of piperazine rings is 1.